The predicted molar refractivity (Wildman–Crippen MR) is 51.3 cm³/mol. The Hall–Kier alpha value is -0.830. The third-order valence-electron chi connectivity index (χ3n) is 2.66. The summed E-state index contributed by atoms with van der Waals surface area (Å²) in [4.78, 5) is 0.454. The van der Waals surface area contributed by atoms with Crippen molar-refractivity contribution in [3.63, 3.8) is 0 Å². The molecule has 0 amide bonds. The minimum Gasteiger partial charge on any atom is -0.223 e. The zero-order valence-corrected chi connectivity index (χ0v) is 8.34. The molecule has 0 aliphatic heterocycles. The van der Waals surface area contributed by atoms with Crippen LogP contribution >= 0.6 is 0 Å². The maximum absolute atomic E-state index is 11.9. The second-order valence-electron chi connectivity index (χ2n) is 3.77. The molecular weight excluding hydrogens is 184 g/mol. The molecule has 1 aromatic rings. The maximum atomic E-state index is 11.9. The number of benzene rings is 1. The van der Waals surface area contributed by atoms with Gasteiger partial charge >= 0.3 is 0 Å². The zero-order chi connectivity index (χ0) is 9.53. The summed E-state index contributed by atoms with van der Waals surface area (Å²) < 4.78 is 23.4. The van der Waals surface area contributed by atoms with E-state index >= 15 is 0 Å². The summed E-state index contributed by atoms with van der Waals surface area (Å²) in [6.07, 6.45) is 1.59. The van der Waals surface area contributed by atoms with Crippen LogP contribution in [0.3, 0.4) is 0 Å². The summed E-state index contributed by atoms with van der Waals surface area (Å²) in [6, 6.07) is 8.68. The molecule has 1 aliphatic rings. The van der Waals surface area contributed by atoms with Crippen LogP contribution in [0.15, 0.2) is 35.2 Å². The van der Waals surface area contributed by atoms with Crippen LogP contribution in [0.25, 0.3) is 0 Å². The number of rotatable bonds is 2. The highest BCUT2D eigenvalue weighted by molar-refractivity contribution is 7.93. The van der Waals surface area contributed by atoms with Gasteiger partial charge in [-0.25, -0.2) is 8.42 Å². The first-order valence-corrected chi connectivity index (χ1v) is 5.84. The summed E-state index contributed by atoms with van der Waals surface area (Å²) >= 11 is 0. The molecular formula is C10H12O2S. The molecule has 0 unspecified atom stereocenters. The van der Waals surface area contributed by atoms with Crippen LogP contribution in [0.2, 0.25) is 0 Å². The Bertz CT molecular complexity index is 402. The smallest absolute Gasteiger partial charge is 0.183 e. The Morgan fingerprint density at radius 2 is 1.69 bits per heavy atom. The Morgan fingerprint density at radius 1 is 1.15 bits per heavy atom. The third-order valence-corrected chi connectivity index (χ3v) is 5.25. The lowest BCUT2D eigenvalue weighted by Crippen LogP contribution is -2.18. The molecule has 0 radical (unpaired) electrons. The van der Waals surface area contributed by atoms with Crippen molar-refractivity contribution in [3.8, 4) is 0 Å². The Balaban J connectivity index is 2.48. The van der Waals surface area contributed by atoms with E-state index in [0.717, 1.165) is 12.8 Å². The highest BCUT2D eigenvalue weighted by Gasteiger charge is 2.50. The molecule has 1 aromatic carbocycles. The van der Waals surface area contributed by atoms with Gasteiger partial charge in [0.25, 0.3) is 0 Å². The first-order chi connectivity index (χ1) is 6.06. The lowest BCUT2D eigenvalue weighted by Gasteiger charge is -2.09. The fourth-order valence-corrected chi connectivity index (χ4v) is 3.05. The van der Waals surface area contributed by atoms with Crippen LogP contribution in [0.4, 0.5) is 0 Å². The Labute approximate surface area is 78.5 Å². The van der Waals surface area contributed by atoms with Crippen LogP contribution in [-0.4, -0.2) is 13.2 Å². The molecule has 2 rings (SSSR count). The average Bonchev–Trinajstić information content (AvgIpc) is 2.87. The molecule has 0 spiro atoms. The number of sulfone groups is 1. The van der Waals surface area contributed by atoms with E-state index in [1.165, 1.54) is 0 Å². The summed E-state index contributed by atoms with van der Waals surface area (Å²) in [6.45, 7) is 1.81. The molecule has 3 heteroatoms. The van der Waals surface area contributed by atoms with E-state index in [2.05, 4.69) is 0 Å². The summed E-state index contributed by atoms with van der Waals surface area (Å²) in [5.74, 6) is 0. The van der Waals surface area contributed by atoms with Crippen LogP contribution < -0.4 is 0 Å². The van der Waals surface area contributed by atoms with E-state index in [1.807, 2.05) is 13.0 Å². The van der Waals surface area contributed by atoms with E-state index in [9.17, 15) is 8.42 Å². The highest BCUT2D eigenvalue weighted by Crippen LogP contribution is 2.45. The van der Waals surface area contributed by atoms with Crippen molar-refractivity contribution in [2.24, 2.45) is 0 Å². The molecule has 13 heavy (non-hydrogen) atoms. The van der Waals surface area contributed by atoms with Crippen molar-refractivity contribution in [1.29, 1.82) is 0 Å². The number of hydrogen-bond acceptors (Lipinski definition) is 2. The van der Waals surface area contributed by atoms with E-state index in [1.54, 1.807) is 24.3 Å². The Kier molecular flexibility index (Phi) is 1.74. The molecule has 1 fully saturated rings. The monoisotopic (exact) mass is 196 g/mol. The fraction of sp³-hybridized carbons (Fsp3) is 0.400. The largest absolute Gasteiger partial charge is 0.223 e. The normalized spacial score (nSPS) is 19.8. The van der Waals surface area contributed by atoms with Crippen molar-refractivity contribution in [2.45, 2.75) is 29.4 Å². The SMILES string of the molecule is CC1(S(=O)(=O)c2ccccc2)CC1. The van der Waals surface area contributed by atoms with E-state index in [0.29, 0.717) is 4.90 Å². The highest BCUT2D eigenvalue weighted by atomic mass is 32.2. The van der Waals surface area contributed by atoms with Gasteiger partial charge in [-0.05, 0) is 31.9 Å². The quantitative estimate of drug-likeness (QED) is 0.725. The Morgan fingerprint density at radius 3 is 2.15 bits per heavy atom. The maximum Gasteiger partial charge on any atom is 0.183 e. The van der Waals surface area contributed by atoms with Gasteiger partial charge in [0.2, 0.25) is 0 Å². The van der Waals surface area contributed by atoms with Crippen molar-refractivity contribution in [3.05, 3.63) is 30.3 Å². The van der Waals surface area contributed by atoms with Crippen molar-refractivity contribution >= 4 is 9.84 Å². The minimum atomic E-state index is -3.07. The van der Waals surface area contributed by atoms with Gasteiger partial charge in [-0.15, -0.1) is 0 Å². The second-order valence-corrected chi connectivity index (χ2v) is 6.23. The molecule has 0 heterocycles. The molecule has 0 atom stereocenters. The van der Waals surface area contributed by atoms with Gasteiger partial charge in [0.05, 0.1) is 9.64 Å². The van der Waals surface area contributed by atoms with E-state index in [-0.39, 0.29) is 0 Å². The molecule has 0 N–H and O–H groups in total. The minimum absolute atomic E-state index is 0.454. The third kappa shape index (κ3) is 1.27. The molecule has 0 aromatic heterocycles. The summed E-state index contributed by atoms with van der Waals surface area (Å²) in [7, 11) is -3.07. The van der Waals surface area contributed by atoms with Crippen LogP contribution in [0.1, 0.15) is 19.8 Å². The fourth-order valence-electron chi connectivity index (χ4n) is 1.33. The lowest BCUT2D eigenvalue weighted by atomic mass is 10.4. The zero-order valence-electron chi connectivity index (χ0n) is 7.53. The average molecular weight is 196 g/mol. The molecule has 0 saturated heterocycles. The van der Waals surface area contributed by atoms with Crippen LogP contribution in [0, 0.1) is 0 Å². The van der Waals surface area contributed by atoms with Gasteiger partial charge in [0, 0.05) is 0 Å². The van der Waals surface area contributed by atoms with Gasteiger partial charge in [0.15, 0.2) is 9.84 Å². The topological polar surface area (TPSA) is 34.1 Å². The molecule has 2 nitrogen and oxygen atoms in total. The van der Waals surface area contributed by atoms with Crippen LogP contribution in [-0.2, 0) is 9.84 Å². The van der Waals surface area contributed by atoms with Gasteiger partial charge in [-0.1, -0.05) is 18.2 Å². The van der Waals surface area contributed by atoms with Crippen LogP contribution in [0.5, 0.6) is 0 Å². The van der Waals surface area contributed by atoms with Gasteiger partial charge in [-0.3, -0.25) is 0 Å². The molecule has 1 saturated carbocycles. The van der Waals surface area contributed by atoms with Crippen molar-refractivity contribution in [2.75, 3.05) is 0 Å². The predicted octanol–water partition coefficient (Wildman–Crippen LogP) is 2.01. The standard InChI is InChI=1S/C10H12O2S/c1-10(7-8-10)13(11,12)9-5-3-2-4-6-9/h2-6H,7-8H2,1H3. The first-order valence-electron chi connectivity index (χ1n) is 4.36. The number of hydrogen-bond donors (Lipinski definition) is 0. The van der Waals surface area contributed by atoms with E-state index in [4.69, 9.17) is 0 Å². The second kappa shape index (κ2) is 2.58. The van der Waals surface area contributed by atoms with Crippen molar-refractivity contribution < 1.29 is 8.42 Å². The molecule has 0 bridgehead atoms. The van der Waals surface area contributed by atoms with Crippen molar-refractivity contribution in [1.82, 2.24) is 0 Å². The first kappa shape index (κ1) is 8.75. The van der Waals surface area contributed by atoms with E-state index < -0.39 is 14.6 Å². The summed E-state index contributed by atoms with van der Waals surface area (Å²) in [5.41, 5.74) is 0. The van der Waals surface area contributed by atoms with Gasteiger partial charge in [0.1, 0.15) is 0 Å². The molecule has 1 aliphatic carbocycles. The van der Waals surface area contributed by atoms with Gasteiger partial charge < -0.3 is 0 Å². The molecule has 70 valence electrons. The lowest BCUT2D eigenvalue weighted by molar-refractivity contribution is 0.582. The summed E-state index contributed by atoms with van der Waals surface area (Å²) in [5, 5.41) is 0. The van der Waals surface area contributed by atoms with Gasteiger partial charge in [-0.2, -0.15) is 0 Å².